The number of benzene rings is 1. The Morgan fingerprint density at radius 3 is 2.35 bits per heavy atom. The molecule has 0 aromatic heterocycles. The van der Waals surface area contributed by atoms with Gasteiger partial charge in [-0.3, -0.25) is 9.59 Å². The van der Waals surface area contributed by atoms with Crippen LogP contribution >= 0.6 is 15.9 Å². The number of nitrogens with one attached hydrogen (secondary N) is 1. The summed E-state index contributed by atoms with van der Waals surface area (Å²) < 4.78 is 27.2. The maximum atomic E-state index is 13.4. The first-order valence-electron chi connectivity index (χ1n) is 5.66. The lowest BCUT2D eigenvalue weighted by atomic mass is 10.1. The molecule has 0 saturated heterocycles. The molecule has 0 unspecified atom stereocenters. The number of amides is 2. The molecule has 1 aromatic carbocycles. The van der Waals surface area contributed by atoms with Crippen LogP contribution in [0, 0.1) is 11.6 Å². The number of carbonyl (C=O) groups is 2. The quantitative estimate of drug-likeness (QED) is 0.823. The van der Waals surface area contributed by atoms with Crippen LogP contribution in [0.4, 0.5) is 8.78 Å². The number of carbonyl (C=O) groups excluding carboxylic acids is 2. The van der Waals surface area contributed by atoms with Crippen molar-refractivity contribution in [1.29, 1.82) is 0 Å². The van der Waals surface area contributed by atoms with Crippen LogP contribution in [0.5, 0.6) is 0 Å². The Kier molecular flexibility index (Phi) is 5.82. The van der Waals surface area contributed by atoms with Gasteiger partial charge in [-0.05, 0) is 16.6 Å². The van der Waals surface area contributed by atoms with Gasteiger partial charge in [0.25, 0.3) is 0 Å². The van der Waals surface area contributed by atoms with E-state index in [1.807, 2.05) is 0 Å². The standard InChI is InChI=1S/C13H13BrF2N2O2/c1-7(14)5-11(13(17)20)18-12(19)6-8-9(15)3-2-4-10(8)16/h2-4,11H,1,5-6H2,(H2,17,20)(H,18,19)/t11-/m1/s1. The molecule has 4 nitrogen and oxygen atoms in total. The molecule has 0 radical (unpaired) electrons. The lowest BCUT2D eigenvalue weighted by molar-refractivity contribution is -0.127. The second kappa shape index (κ2) is 7.14. The Bertz CT molecular complexity index is 529. The fourth-order valence-electron chi connectivity index (χ4n) is 1.55. The summed E-state index contributed by atoms with van der Waals surface area (Å²) in [5, 5.41) is 2.31. The molecule has 1 aromatic rings. The topological polar surface area (TPSA) is 72.2 Å². The lowest BCUT2D eigenvalue weighted by Crippen LogP contribution is -2.45. The molecule has 0 fully saturated rings. The predicted molar refractivity (Wildman–Crippen MR) is 73.9 cm³/mol. The molecule has 0 aliphatic carbocycles. The molecule has 0 heterocycles. The van der Waals surface area contributed by atoms with Crippen LogP contribution in [0.1, 0.15) is 12.0 Å². The molecule has 1 rings (SSSR count). The van der Waals surface area contributed by atoms with Crippen LogP contribution < -0.4 is 11.1 Å². The Hall–Kier alpha value is -1.76. The van der Waals surface area contributed by atoms with Gasteiger partial charge < -0.3 is 11.1 Å². The summed E-state index contributed by atoms with van der Waals surface area (Å²) in [7, 11) is 0. The molecule has 0 bridgehead atoms. The number of halogens is 3. The Labute approximate surface area is 123 Å². The average molecular weight is 347 g/mol. The van der Waals surface area contributed by atoms with Gasteiger partial charge in [0.2, 0.25) is 11.8 Å². The molecule has 7 heteroatoms. The third kappa shape index (κ3) is 4.73. The van der Waals surface area contributed by atoms with E-state index in [9.17, 15) is 18.4 Å². The smallest absolute Gasteiger partial charge is 0.240 e. The first-order valence-corrected chi connectivity index (χ1v) is 6.45. The molecule has 1 atom stereocenters. The van der Waals surface area contributed by atoms with E-state index in [0.717, 1.165) is 12.1 Å². The summed E-state index contributed by atoms with van der Waals surface area (Å²) in [6.07, 6.45) is -0.419. The number of hydrogen-bond donors (Lipinski definition) is 2. The van der Waals surface area contributed by atoms with Crippen molar-refractivity contribution < 1.29 is 18.4 Å². The van der Waals surface area contributed by atoms with E-state index >= 15 is 0 Å². The average Bonchev–Trinajstić information content (AvgIpc) is 2.32. The molecule has 0 saturated carbocycles. The van der Waals surface area contributed by atoms with Gasteiger partial charge in [-0.2, -0.15) is 0 Å². The fourth-order valence-corrected chi connectivity index (χ4v) is 1.88. The summed E-state index contributed by atoms with van der Waals surface area (Å²) >= 11 is 3.05. The van der Waals surface area contributed by atoms with E-state index in [4.69, 9.17) is 5.73 Å². The first-order chi connectivity index (χ1) is 9.31. The van der Waals surface area contributed by atoms with Crippen LogP contribution in [0.25, 0.3) is 0 Å². The first kappa shape index (κ1) is 16.3. The maximum Gasteiger partial charge on any atom is 0.240 e. The molecule has 108 valence electrons. The van der Waals surface area contributed by atoms with Crippen LogP contribution in [0.2, 0.25) is 0 Å². The summed E-state index contributed by atoms with van der Waals surface area (Å²) in [5.74, 6) is -3.10. The number of primary amides is 1. The van der Waals surface area contributed by atoms with Gasteiger partial charge in [-0.1, -0.05) is 28.6 Å². The van der Waals surface area contributed by atoms with Gasteiger partial charge in [-0.25, -0.2) is 8.78 Å². The van der Waals surface area contributed by atoms with Crippen LogP contribution in [0.3, 0.4) is 0 Å². The second-order valence-electron chi connectivity index (χ2n) is 4.12. The molecule has 0 aliphatic heterocycles. The highest BCUT2D eigenvalue weighted by Gasteiger charge is 2.20. The van der Waals surface area contributed by atoms with Gasteiger partial charge in [0, 0.05) is 12.0 Å². The summed E-state index contributed by atoms with van der Waals surface area (Å²) in [4.78, 5) is 22.9. The van der Waals surface area contributed by atoms with Crippen LogP contribution in [-0.2, 0) is 16.0 Å². The second-order valence-corrected chi connectivity index (χ2v) is 5.24. The van der Waals surface area contributed by atoms with Crippen molar-refractivity contribution >= 4 is 27.7 Å². The Morgan fingerprint density at radius 1 is 1.35 bits per heavy atom. The highest BCUT2D eigenvalue weighted by atomic mass is 79.9. The molecule has 20 heavy (non-hydrogen) atoms. The fraction of sp³-hybridized carbons (Fsp3) is 0.231. The molecule has 3 N–H and O–H groups in total. The van der Waals surface area contributed by atoms with Gasteiger partial charge >= 0.3 is 0 Å². The van der Waals surface area contributed by atoms with Gasteiger partial charge in [0.05, 0.1) is 6.42 Å². The highest BCUT2D eigenvalue weighted by Crippen LogP contribution is 2.14. The van der Waals surface area contributed by atoms with Crippen LogP contribution in [0.15, 0.2) is 29.3 Å². The largest absolute Gasteiger partial charge is 0.368 e. The van der Waals surface area contributed by atoms with E-state index < -0.39 is 35.9 Å². The van der Waals surface area contributed by atoms with Crippen molar-refractivity contribution in [3.05, 3.63) is 46.5 Å². The minimum absolute atomic E-state index is 0.0980. The zero-order chi connectivity index (χ0) is 15.3. The van der Waals surface area contributed by atoms with E-state index in [1.54, 1.807) is 0 Å². The Morgan fingerprint density at radius 2 is 1.90 bits per heavy atom. The van der Waals surface area contributed by atoms with Gasteiger partial charge in [-0.15, -0.1) is 0 Å². The van der Waals surface area contributed by atoms with Crippen LogP contribution in [-0.4, -0.2) is 17.9 Å². The monoisotopic (exact) mass is 346 g/mol. The van der Waals surface area contributed by atoms with E-state index in [0.29, 0.717) is 4.48 Å². The van der Waals surface area contributed by atoms with E-state index in [-0.39, 0.29) is 12.0 Å². The normalized spacial score (nSPS) is 11.8. The van der Waals surface area contributed by atoms with E-state index in [1.165, 1.54) is 6.07 Å². The van der Waals surface area contributed by atoms with Gasteiger partial charge in [0.1, 0.15) is 17.7 Å². The minimum atomic E-state index is -0.982. The van der Waals surface area contributed by atoms with Crippen molar-refractivity contribution in [3.8, 4) is 0 Å². The minimum Gasteiger partial charge on any atom is -0.368 e. The van der Waals surface area contributed by atoms with Crippen molar-refractivity contribution in [2.24, 2.45) is 5.73 Å². The molecular weight excluding hydrogens is 334 g/mol. The number of rotatable bonds is 6. The third-order valence-electron chi connectivity index (χ3n) is 2.50. The summed E-state index contributed by atoms with van der Waals surface area (Å²) in [5.41, 5.74) is 4.77. The summed E-state index contributed by atoms with van der Waals surface area (Å²) in [6, 6.07) is 2.33. The van der Waals surface area contributed by atoms with Crippen molar-refractivity contribution in [3.63, 3.8) is 0 Å². The zero-order valence-electron chi connectivity index (χ0n) is 10.5. The number of nitrogens with two attached hydrogens (primary N) is 1. The molecule has 2 amide bonds. The zero-order valence-corrected chi connectivity index (χ0v) is 12.0. The molecular formula is C13H13BrF2N2O2. The van der Waals surface area contributed by atoms with Gasteiger partial charge in [0.15, 0.2) is 0 Å². The Balaban J connectivity index is 2.76. The predicted octanol–water partition coefficient (Wildman–Crippen LogP) is 1.78. The van der Waals surface area contributed by atoms with Crippen molar-refractivity contribution in [2.75, 3.05) is 0 Å². The highest BCUT2D eigenvalue weighted by molar-refractivity contribution is 9.11. The van der Waals surface area contributed by atoms with Crippen molar-refractivity contribution in [2.45, 2.75) is 18.9 Å². The summed E-state index contributed by atoms with van der Waals surface area (Å²) in [6.45, 7) is 3.53. The molecule has 0 spiro atoms. The lowest BCUT2D eigenvalue weighted by Gasteiger charge is -2.15. The number of hydrogen-bond acceptors (Lipinski definition) is 2. The third-order valence-corrected chi connectivity index (χ3v) is 2.83. The molecule has 0 aliphatic rings. The maximum absolute atomic E-state index is 13.4. The van der Waals surface area contributed by atoms with Crippen molar-refractivity contribution in [1.82, 2.24) is 5.32 Å². The SMILES string of the molecule is C=C(Br)C[C@@H](NC(=O)Cc1c(F)cccc1F)C(N)=O. The van der Waals surface area contributed by atoms with E-state index in [2.05, 4.69) is 27.8 Å².